The number of carbonyl (C=O) groups is 1. The average molecular weight is 509 g/mol. The lowest BCUT2D eigenvalue weighted by Crippen LogP contribution is -2.52. The summed E-state index contributed by atoms with van der Waals surface area (Å²) in [7, 11) is 4.03. The van der Waals surface area contributed by atoms with Gasteiger partial charge in [-0.05, 0) is 49.1 Å². The van der Waals surface area contributed by atoms with E-state index in [2.05, 4.69) is 37.5 Å². The molecule has 1 amide bonds. The molecule has 2 aromatic rings. The molecule has 2 heterocycles. The summed E-state index contributed by atoms with van der Waals surface area (Å²) in [5.74, 6) is 1.59. The molecule has 1 saturated carbocycles. The molecule has 1 aromatic carbocycles. The molecule has 2 aliphatic rings. The quantitative estimate of drug-likeness (QED) is 0.471. The van der Waals surface area contributed by atoms with E-state index in [1.807, 2.05) is 49.3 Å². The topological polar surface area (TPSA) is 86.7 Å². The minimum absolute atomic E-state index is 0.0359. The summed E-state index contributed by atoms with van der Waals surface area (Å²) in [5, 5.41) is 17.9. The van der Waals surface area contributed by atoms with Gasteiger partial charge in [-0.1, -0.05) is 51.1 Å². The first kappa shape index (κ1) is 27.4. The molecule has 202 valence electrons. The maximum Gasteiger partial charge on any atom is 0.217 e. The fraction of sp³-hybridized carbons (Fsp3) is 0.600. The van der Waals surface area contributed by atoms with Crippen LogP contribution < -0.4 is 20.3 Å². The second kappa shape index (κ2) is 11.0. The Kier molecular flexibility index (Phi) is 8.14. The highest BCUT2D eigenvalue weighted by atomic mass is 16.5. The number of nitrogens with one attached hydrogen (secondary N) is 2. The lowest BCUT2D eigenvalue weighted by Gasteiger charge is -2.49. The number of aliphatic hydroxyl groups excluding tert-OH is 1. The molecule has 1 aromatic heterocycles. The van der Waals surface area contributed by atoms with E-state index in [9.17, 15) is 9.90 Å². The Balaban J connectivity index is 1.59. The van der Waals surface area contributed by atoms with Crippen molar-refractivity contribution in [2.45, 2.75) is 90.0 Å². The average Bonchev–Trinajstić information content (AvgIpc) is 2.79. The van der Waals surface area contributed by atoms with Crippen molar-refractivity contribution in [1.29, 1.82) is 0 Å². The Morgan fingerprint density at radius 2 is 1.95 bits per heavy atom. The molecule has 0 saturated heterocycles. The van der Waals surface area contributed by atoms with Crippen LogP contribution in [0.3, 0.4) is 0 Å². The molecule has 1 aliphatic heterocycles. The highest BCUT2D eigenvalue weighted by Gasteiger charge is 2.47. The van der Waals surface area contributed by atoms with Crippen LogP contribution in [-0.4, -0.2) is 54.4 Å². The molecule has 0 radical (unpaired) electrons. The number of anilines is 1. The molecule has 0 unspecified atom stereocenters. The Labute approximate surface area is 222 Å². The third-order valence-corrected chi connectivity index (χ3v) is 7.43. The normalized spacial score (nSPS) is 19.8. The lowest BCUT2D eigenvalue weighted by atomic mass is 9.72. The molecule has 7 heteroatoms. The lowest BCUT2D eigenvalue weighted by molar-refractivity contribution is -0.120. The van der Waals surface area contributed by atoms with Crippen molar-refractivity contribution in [3.05, 3.63) is 53.2 Å². The van der Waals surface area contributed by atoms with Crippen LogP contribution >= 0.6 is 0 Å². The van der Waals surface area contributed by atoms with Gasteiger partial charge in [0, 0.05) is 51.3 Å². The predicted molar refractivity (Wildman–Crippen MR) is 148 cm³/mol. The van der Waals surface area contributed by atoms with Gasteiger partial charge in [0.25, 0.3) is 0 Å². The summed E-state index contributed by atoms with van der Waals surface area (Å²) < 4.78 is 6.69. The van der Waals surface area contributed by atoms with Crippen LogP contribution in [0.15, 0.2) is 36.4 Å². The van der Waals surface area contributed by atoms with E-state index in [0.29, 0.717) is 13.0 Å². The van der Waals surface area contributed by atoms with Crippen molar-refractivity contribution >= 4 is 11.7 Å². The molecule has 4 rings (SSSR count). The van der Waals surface area contributed by atoms with Gasteiger partial charge in [-0.3, -0.25) is 4.79 Å². The number of hydrogen-bond acceptors (Lipinski definition) is 6. The second-order valence-electron chi connectivity index (χ2n) is 12.4. The number of hydrogen-bond donors (Lipinski definition) is 3. The molecule has 37 heavy (non-hydrogen) atoms. The predicted octanol–water partition coefficient (Wildman–Crippen LogP) is 4.18. The molecular weight excluding hydrogens is 464 g/mol. The van der Waals surface area contributed by atoms with Crippen LogP contribution in [0.2, 0.25) is 0 Å². The van der Waals surface area contributed by atoms with Gasteiger partial charge in [0.1, 0.15) is 5.60 Å². The molecule has 1 fully saturated rings. The number of aliphatic hydroxyl groups is 1. The first-order valence-corrected chi connectivity index (χ1v) is 13.6. The number of ether oxygens (including phenoxy) is 1. The standard InChI is InChI=1S/C30H44N4O3/c1-20(35)32-24(15-21-11-8-7-9-12-21)26(36)19-31-25-18-30(13-10-14-30)37-27-23(25)16-22(17-29(2,3)4)33-28(27)34(5)6/h7-9,11-12,16,24-26,31,36H,10,13-15,17-19H2,1-6H3,(H,32,35)/t24-,25-,26-/m0/s1. The van der Waals surface area contributed by atoms with Crippen molar-refractivity contribution in [1.82, 2.24) is 15.6 Å². The molecule has 3 atom stereocenters. The minimum atomic E-state index is -0.739. The highest BCUT2D eigenvalue weighted by molar-refractivity contribution is 5.73. The van der Waals surface area contributed by atoms with Gasteiger partial charge in [0.15, 0.2) is 11.6 Å². The van der Waals surface area contributed by atoms with Crippen LogP contribution in [0, 0.1) is 5.41 Å². The van der Waals surface area contributed by atoms with E-state index in [-0.39, 0.29) is 29.0 Å². The van der Waals surface area contributed by atoms with Gasteiger partial charge in [-0.15, -0.1) is 0 Å². The zero-order chi connectivity index (χ0) is 26.8. The number of benzene rings is 1. The zero-order valence-corrected chi connectivity index (χ0v) is 23.3. The monoisotopic (exact) mass is 508 g/mol. The van der Waals surface area contributed by atoms with Gasteiger partial charge >= 0.3 is 0 Å². The fourth-order valence-corrected chi connectivity index (χ4v) is 5.51. The molecule has 1 spiro atoms. The number of carbonyl (C=O) groups excluding carboxylic acids is 1. The second-order valence-corrected chi connectivity index (χ2v) is 12.4. The largest absolute Gasteiger partial charge is 0.483 e. The molecular formula is C30H44N4O3. The smallest absolute Gasteiger partial charge is 0.217 e. The maximum atomic E-state index is 11.9. The number of pyridine rings is 1. The highest BCUT2D eigenvalue weighted by Crippen LogP contribution is 2.51. The molecule has 3 N–H and O–H groups in total. The molecule has 1 aliphatic carbocycles. The van der Waals surface area contributed by atoms with Gasteiger partial charge in [0.05, 0.1) is 12.1 Å². The molecule has 0 bridgehead atoms. The van der Waals surface area contributed by atoms with Gasteiger partial charge in [-0.25, -0.2) is 4.98 Å². The summed E-state index contributed by atoms with van der Waals surface area (Å²) >= 11 is 0. The summed E-state index contributed by atoms with van der Waals surface area (Å²) in [4.78, 5) is 19.0. The first-order chi connectivity index (χ1) is 17.4. The van der Waals surface area contributed by atoms with Crippen molar-refractivity contribution in [2.75, 3.05) is 25.5 Å². The number of nitrogens with zero attached hydrogens (tertiary/aromatic N) is 2. The Morgan fingerprint density at radius 3 is 2.51 bits per heavy atom. The van der Waals surface area contributed by atoms with E-state index in [1.54, 1.807) is 0 Å². The number of fused-ring (bicyclic) bond motifs is 1. The van der Waals surface area contributed by atoms with Crippen molar-refractivity contribution in [2.24, 2.45) is 5.41 Å². The van der Waals surface area contributed by atoms with Crippen molar-refractivity contribution in [3.63, 3.8) is 0 Å². The number of aromatic nitrogens is 1. The summed E-state index contributed by atoms with van der Waals surface area (Å²) in [5.41, 5.74) is 3.18. The van der Waals surface area contributed by atoms with Gasteiger partial charge in [-0.2, -0.15) is 0 Å². The van der Waals surface area contributed by atoms with E-state index in [1.165, 1.54) is 13.3 Å². The van der Waals surface area contributed by atoms with E-state index >= 15 is 0 Å². The van der Waals surface area contributed by atoms with Crippen LogP contribution in [0.4, 0.5) is 5.82 Å². The zero-order valence-electron chi connectivity index (χ0n) is 23.3. The van der Waals surface area contributed by atoms with Gasteiger partial charge < -0.3 is 25.4 Å². The van der Waals surface area contributed by atoms with Crippen LogP contribution in [-0.2, 0) is 17.6 Å². The van der Waals surface area contributed by atoms with Gasteiger partial charge in [0.2, 0.25) is 5.91 Å². The summed E-state index contributed by atoms with van der Waals surface area (Å²) in [6, 6.07) is 11.8. The maximum absolute atomic E-state index is 11.9. The Hall–Kier alpha value is -2.64. The van der Waals surface area contributed by atoms with Crippen molar-refractivity contribution in [3.8, 4) is 5.75 Å². The van der Waals surface area contributed by atoms with Crippen LogP contribution in [0.5, 0.6) is 5.75 Å². The van der Waals surface area contributed by atoms with Crippen LogP contribution in [0.25, 0.3) is 0 Å². The Morgan fingerprint density at radius 1 is 1.24 bits per heavy atom. The van der Waals surface area contributed by atoms with E-state index < -0.39 is 6.10 Å². The Bertz CT molecular complexity index is 1080. The minimum Gasteiger partial charge on any atom is -0.483 e. The van der Waals surface area contributed by atoms with Crippen LogP contribution in [0.1, 0.15) is 76.2 Å². The third kappa shape index (κ3) is 6.82. The van der Waals surface area contributed by atoms with E-state index in [0.717, 1.165) is 54.1 Å². The molecule has 7 nitrogen and oxygen atoms in total. The number of amides is 1. The van der Waals surface area contributed by atoms with E-state index in [4.69, 9.17) is 9.72 Å². The SMILES string of the molecule is CC(=O)N[C@@H](Cc1ccccc1)[C@@H](O)CN[C@H]1CC2(CCC2)Oc2c1cc(CC(C)(C)C)nc2N(C)C. The summed E-state index contributed by atoms with van der Waals surface area (Å²) in [6.07, 6.45) is 4.79. The number of rotatable bonds is 9. The first-order valence-electron chi connectivity index (χ1n) is 13.6. The van der Waals surface area contributed by atoms with Crippen molar-refractivity contribution < 1.29 is 14.6 Å². The summed E-state index contributed by atoms with van der Waals surface area (Å²) in [6.45, 7) is 8.55. The fourth-order valence-electron chi connectivity index (χ4n) is 5.51. The third-order valence-electron chi connectivity index (χ3n) is 7.43.